The van der Waals surface area contributed by atoms with Crippen molar-refractivity contribution >= 4 is 143 Å². The lowest BCUT2D eigenvalue weighted by molar-refractivity contribution is 0.669. The molecule has 9 aromatic carbocycles. The van der Waals surface area contributed by atoms with Crippen LogP contribution in [-0.4, -0.2) is 6.71 Å². The molecule has 4 nitrogen and oxygen atoms in total. The molecule has 15 rings (SSSR count). The van der Waals surface area contributed by atoms with Gasteiger partial charge in [-0.2, -0.15) is 0 Å². The van der Waals surface area contributed by atoms with Crippen LogP contribution in [0.1, 0.15) is 0 Å². The molecule has 0 N–H and O–H groups in total. The lowest BCUT2D eigenvalue weighted by Gasteiger charge is -2.42. The maximum absolute atomic E-state index is 7.09. The summed E-state index contributed by atoms with van der Waals surface area (Å²) < 4.78 is 18.0. The summed E-state index contributed by atoms with van der Waals surface area (Å²) in [6.07, 6.45) is 0. The van der Waals surface area contributed by atoms with E-state index in [2.05, 4.69) is 210 Å². The molecular weight excluding hydrogens is 832 g/mol. The van der Waals surface area contributed by atoms with Crippen molar-refractivity contribution in [3.63, 3.8) is 0 Å². The maximum Gasteiger partial charge on any atom is 0.266 e. The average molecular weight is 865 g/mol. The van der Waals surface area contributed by atoms with Gasteiger partial charge in [0.2, 0.25) is 0 Å². The van der Waals surface area contributed by atoms with E-state index in [1.54, 1.807) is 0 Å². The predicted octanol–water partition coefficient (Wildman–Crippen LogP) is 15.3. The monoisotopic (exact) mass is 864 g/mol. The molecule has 0 fully saturated rings. The van der Waals surface area contributed by atoms with Crippen LogP contribution in [0.25, 0.3) is 86.3 Å². The Morgan fingerprint density at radius 3 is 1.46 bits per heavy atom. The van der Waals surface area contributed by atoms with Gasteiger partial charge in [0.15, 0.2) is 11.2 Å². The van der Waals surface area contributed by atoms with Crippen LogP contribution in [0.2, 0.25) is 0 Å². The molecule has 6 heterocycles. The minimum absolute atomic E-state index is 0.0441. The van der Waals surface area contributed by atoms with E-state index in [1.165, 1.54) is 46.6 Å². The number of hydrogen-bond donors (Lipinski definition) is 0. The van der Waals surface area contributed by atoms with Gasteiger partial charge in [-0.15, -0.1) is 22.7 Å². The van der Waals surface area contributed by atoms with E-state index in [-0.39, 0.29) is 6.71 Å². The number of fused-ring (bicyclic) bond motifs is 14. The Bertz CT molecular complexity index is 4110. The second kappa shape index (κ2) is 13.3. The summed E-state index contributed by atoms with van der Waals surface area (Å²) in [5.41, 5.74) is 16.2. The van der Waals surface area contributed by atoms with Crippen LogP contribution in [0.4, 0.5) is 33.4 Å². The third-order valence-electron chi connectivity index (χ3n) is 13.7. The van der Waals surface area contributed by atoms with Crippen molar-refractivity contribution in [3.05, 3.63) is 200 Å². The molecule has 4 aromatic heterocycles. The van der Waals surface area contributed by atoms with Gasteiger partial charge in [-0.25, -0.2) is 0 Å². The van der Waals surface area contributed by atoms with Gasteiger partial charge in [-0.05, 0) is 76.0 Å². The number of para-hydroxylation sites is 2. The first-order chi connectivity index (χ1) is 32.3. The Kier molecular flexibility index (Phi) is 7.31. The first kappa shape index (κ1) is 35.6. The Morgan fingerprint density at radius 2 is 0.846 bits per heavy atom. The van der Waals surface area contributed by atoms with E-state index in [0.717, 1.165) is 88.9 Å². The van der Waals surface area contributed by atoms with Crippen molar-refractivity contribution in [1.29, 1.82) is 0 Å². The molecule has 0 spiro atoms. The van der Waals surface area contributed by atoms with Crippen LogP contribution in [0, 0.1) is 0 Å². The van der Waals surface area contributed by atoms with Gasteiger partial charge in [-0.3, -0.25) is 4.90 Å². The van der Waals surface area contributed by atoms with Gasteiger partial charge in [0, 0.05) is 63.6 Å². The lowest BCUT2D eigenvalue weighted by Crippen LogP contribution is -2.60. The topological polar surface area (TPSA) is 32.8 Å². The maximum atomic E-state index is 7.09. The van der Waals surface area contributed by atoms with Gasteiger partial charge in [0.25, 0.3) is 6.71 Å². The number of nitrogens with zero attached hydrogens (tertiary/aromatic N) is 2. The van der Waals surface area contributed by atoms with Gasteiger partial charge in [-0.1, -0.05) is 152 Å². The molecule has 0 amide bonds. The van der Waals surface area contributed by atoms with E-state index >= 15 is 0 Å². The van der Waals surface area contributed by atoms with E-state index in [4.69, 9.17) is 8.83 Å². The fraction of sp³-hybridized carbons (Fsp3) is 0. The molecule has 302 valence electrons. The van der Waals surface area contributed by atoms with Crippen molar-refractivity contribution in [2.45, 2.75) is 0 Å². The zero-order valence-electron chi connectivity index (χ0n) is 34.7. The normalized spacial score (nSPS) is 13.1. The summed E-state index contributed by atoms with van der Waals surface area (Å²) in [6, 6.07) is 72.5. The number of thiophene rings is 2. The van der Waals surface area contributed by atoms with Gasteiger partial charge in [0.05, 0.1) is 22.1 Å². The molecule has 7 heteroatoms. The van der Waals surface area contributed by atoms with Crippen LogP contribution < -0.4 is 25.5 Å². The number of benzene rings is 9. The number of rotatable bonds is 4. The first-order valence-electron chi connectivity index (χ1n) is 22.0. The molecular formula is C58H33BN2O2S2. The molecule has 13 aromatic rings. The van der Waals surface area contributed by atoms with E-state index in [0.29, 0.717) is 0 Å². The van der Waals surface area contributed by atoms with Crippen molar-refractivity contribution in [3.8, 4) is 22.3 Å². The van der Waals surface area contributed by atoms with E-state index in [1.807, 2.05) is 22.7 Å². The zero-order chi connectivity index (χ0) is 42.3. The third-order valence-corrected chi connectivity index (χ3v) is 16.1. The van der Waals surface area contributed by atoms with E-state index < -0.39 is 0 Å². The highest BCUT2D eigenvalue weighted by Gasteiger charge is 2.48. The lowest BCUT2D eigenvalue weighted by atomic mass is 9.36. The highest BCUT2D eigenvalue weighted by molar-refractivity contribution is 7.35. The van der Waals surface area contributed by atoms with Crippen LogP contribution >= 0.6 is 22.7 Å². The molecule has 65 heavy (non-hydrogen) atoms. The molecule has 2 aliphatic rings. The first-order valence-corrected chi connectivity index (χ1v) is 23.7. The summed E-state index contributed by atoms with van der Waals surface area (Å²) in [7, 11) is 0. The molecule has 0 saturated carbocycles. The van der Waals surface area contributed by atoms with Crippen molar-refractivity contribution in [2.24, 2.45) is 0 Å². The standard InChI is InChI=1S/C58H33BN2O2S2/c1-3-16-34(17-4-1)36-30-32-40-38-20-7-11-26-46(38)62-55(40)52(36)60-44-24-15-25-45-51(44)59(57-54(60)43-23-10-14-29-49(43)64-57)50-42-22-9-13-28-48(42)65-58(50)61(45)53-37(35-18-5-2-6-19-35)31-33-41-39-21-8-12-27-47(39)63-56(41)53/h1-33H. The molecule has 0 bridgehead atoms. The molecule has 0 unspecified atom stereocenters. The molecule has 0 atom stereocenters. The highest BCUT2D eigenvalue weighted by atomic mass is 32.1. The predicted molar refractivity (Wildman–Crippen MR) is 277 cm³/mol. The number of anilines is 6. The molecule has 0 radical (unpaired) electrons. The largest absolute Gasteiger partial charge is 0.454 e. The van der Waals surface area contributed by atoms with Gasteiger partial charge >= 0.3 is 0 Å². The Labute approximate surface area is 381 Å². The average Bonchev–Trinajstić information content (AvgIpc) is 4.15. The summed E-state index contributed by atoms with van der Waals surface area (Å²) in [5, 5.41) is 8.14. The van der Waals surface area contributed by atoms with Gasteiger partial charge in [0.1, 0.15) is 11.2 Å². The molecule has 0 saturated heterocycles. The summed E-state index contributed by atoms with van der Waals surface area (Å²) in [6.45, 7) is -0.0441. The fourth-order valence-electron chi connectivity index (χ4n) is 11.0. The molecule has 0 aliphatic carbocycles. The van der Waals surface area contributed by atoms with E-state index in [9.17, 15) is 0 Å². The number of furan rings is 2. The van der Waals surface area contributed by atoms with Crippen LogP contribution in [0.5, 0.6) is 0 Å². The van der Waals surface area contributed by atoms with Crippen LogP contribution in [0.15, 0.2) is 209 Å². The Morgan fingerprint density at radius 1 is 0.354 bits per heavy atom. The summed E-state index contributed by atoms with van der Waals surface area (Å²) in [4.78, 5) is 5.12. The highest BCUT2D eigenvalue weighted by Crippen LogP contribution is 2.56. The van der Waals surface area contributed by atoms with Crippen LogP contribution in [0.3, 0.4) is 0 Å². The fourth-order valence-corrected chi connectivity index (χ4v) is 13.6. The second-order valence-electron chi connectivity index (χ2n) is 17.0. The summed E-state index contributed by atoms with van der Waals surface area (Å²) >= 11 is 3.80. The molecule has 2 aliphatic heterocycles. The number of hydrogen-bond acceptors (Lipinski definition) is 6. The zero-order valence-corrected chi connectivity index (χ0v) is 36.3. The third kappa shape index (κ3) is 4.86. The quantitative estimate of drug-likeness (QED) is 0.165. The van der Waals surface area contributed by atoms with Crippen molar-refractivity contribution in [2.75, 3.05) is 9.80 Å². The van der Waals surface area contributed by atoms with Crippen molar-refractivity contribution < 1.29 is 8.83 Å². The minimum Gasteiger partial charge on any atom is -0.454 e. The smallest absolute Gasteiger partial charge is 0.266 e. The van der Waals surface area contributed by atoms with Gasteiger partial charge < -0.3 is 13.7 Å². The Hall–Kier alpha value is -7.84. The SMILES string of the molecule is c1ccc(-c2ccc3c(oc4ccccc43)c2N2c3cccc4c3B(c3sc5ccccc5c3N4c3c(-c4ccccc4)ccc4c3oc3ccccc34)c3c2sc2ccccc32)cc1. The van der Waals surface area contributed by atoms with Crippen molar-refractivity contribution in [1.82, 2.24) is 0 Å². The minimum atomic E-state index is -0.0441. The van der Waals surface area contributed by atoms with Crippen LogP contribution in [-0.2, 0) is 0 Å². The Balaban J connectivity index is 1.12. The summed E-state index contributed by atoms with van der Waals surface area (Å²) in [5.74, 6) is 0. The second-order valence-corrected chi connectivity index (χ2v) is 19.2.